The zero-order valence-electron chi connectivity index (χ0n) is 11.2. The Morgan fingerprint density at radius 2 is 2.00 bits per heavy atom. The molecule has 124 valence electrons. The molecule has 0 aliphatic carbocycles. The van der Waals surface area contributed by atoms with Crippen molar-refractivity contribution in [1.82, 2.24) is 15.1 Å². The van der Waals surface area contributed by atoms with E-state index in [1.807, 2.05) is 0 Å². The van der Waals surface area contributed by atoms with E-state index < -0.39 is 34.4 Å². The summed E-state index contributed by atoms with van der Waals surface area (Å²) in [5, 5.41) is 11.1. The SMILES string of the molecule is COC(=O)c1ncon1.O=C(O)c1ncc(C(F)(F)F)cc1Cl. The second-order valence-corrected chi connectivity index (χ2v) is 4.01. The maximum absolute atomic E-state index is 12.1. The van der Waals surface area contributed by atoms with Gasteiger partial charge in [0.15, 0.2) is 5.69 Å². The minimum absolute atomic E-state index is 0.0579. The van der Waals surface area contributed by atoms with Crippen LogP contribution >= 0.6 is 11.6 Å². The molecule has 2 rings (SSSR count). The average Bonchev–Trinajstić information content (AvgIpc) is 3.00. The number of hydrogen-bond acceptors (Lipinski definition) is 7. The van der Waals surface area contributed by atoms with Gasteiger partial charge in [-0.05, 0) is 6.07 Å². The van der Waals surface area contributed by atoms with Crippen LogP contribution in [-0.4, -0.2) is 39.3 Å². The maximum atomic E-state index is 12.1. The Hall–Kier alpha value is -2.69. The van der Waals surface area contributed by atoms with Crippen LogP contribution in [0.4, 0.5) is 13.2 Å². The van der Waals surface area contributed by atoms with E-state index in [2.05, 4.69) is 24.4 Å². The van der Waals surface area contributed by atoms with Crippen molar-refractivity contribution in [3.8, 4) is 0 Å². The van der Waals surface area contributed by atoms with Gasteiger partial charge < -0.3 is 14.4 Å². The average molecular weight is 354 g/mol. The summed E-state index contributed by atoms with van der Waals surface area (Å²) in [4.78, 5) is 27.3. The molecule has 2 heterocycles. The Labute approximate surface area is 130 Å². The molecule has 0 bridgehead atoms. The first kappa shape index (κ1) is 18.4. The summed E-state index contributed by atoms with van der Waals surface area (Å²) in [5.74, 6) is -2.12. The number of nitrogens with zero attached hydrogens (tertiary/aromatic N) is 3. The molecule has 0 atom stereocenters. The molecule has 0 saturated carbocycles. The Morgan fingerprint density at radius 1 is 1.35 bits per heavy atom. The third kappa shape index (κ3) is 5.21. The molecule has 0 aliphatic rings. The van der Waals surface area contributed by atoms with Crippen LogP contribution in [0.15, 0.2) is 23.2 Å². The lowest BCUT2D eigenvalue weighted by Gasteiger charge is -2.06. The smallest absolute Gasteiger partial charge is 0.417 e. The Kier molecular flexibility index (Phi) is 6.02. The van der Waals surface area contributed by atoms with Gasteiger partial charge in [0.2, 0.25) is 6.39 Å². The number of carboxylic acid groups (broad SMARTS) is 1. The van der Waals surface area contributed by atoms with Gasteiger partial charge in [-0.2, -0.15) is 18.2 Å². The predicted molar refractivity (Wildman–Crippen MR) is 66.8 cm³/mol. The van der Waals surface area contributed by atoms with Gasteiger partial charge in [-0.25, -0.2) is 14.6 Å². The van der Waals surface area contributed by atoms with Crippen LogP contribution in [0.25, 0.3) is 0 Å². The number of carbonyl (C=O) groups is 2. The lowest BCUT2D eigenvalue weighted by molar-refractivity contribution is -0.137. The summed E-state index contributed by atoms with van der Waals surface area (Å²) < 4.78 is 44.7. The lowest BCUT2D eigenvalue weighted by atomic mass is 10.2. The van der Waals surface area contributed by atoms with Gasteiger partial charge in [-0.15, -0.1) is 0 Å². The molecule has 12 heteroatoms. The molecule has 0 unspecified atom stereocenters. The van der Waals surface area contributed by atoms with Gasteiger partial charge in [0.1, 0.15) is 0 Å². The van der Waals surface area contributed by atoms with Crippen molar-refractivity contribution in [2.45, 2.75) is 6.18 Å². The number of halogens is 4. The van der Waals surface area contributed by atoms with E-state index in [-0.39, 0.29) is 5.82 Å². The van der Waals surface area contributed by atoms with Crippen molar-refractivity contribution in [3.63, 3.8) is 0 Å². The standard InChI is InChI=1S/C7H3ClF3NO2.C4H4N2O3/c8-4-1-3(7(9,10)11)2-12-5(4)6(13)14;1-8-4(7)3-5-2-9-6-3/h1-2H,(H,13,14);2H,1H3. The van der Waals surface area contributed by atoms with Crippen LogP contribution in [0, 0.1) is 0 Å². The molecule has 2 aromatic rings. The largest absolute Gasteiger partial charge is 0.476 e. The molecule has 1 N–H and O–H groups in total. The minimum atomic E-state index is -4.58. The number of carbonyl (C=O) groups excluding carboxylic acids is 1. The molecule has 8 nitrogen and oxygen atoms in total. The summed E-state index contributed by atoms with van der Waals surface area (Å²) in [7, 11) is 1.25. The zero-order valence-corrected chi connectivity index (χ0v) is 11.9. The monoisotopic (exact) mass is 353 g/mol. The van der Waals surface area contributed by atoms with Crippen molar-refractivity contribution in [3.05, 3.63) is 40.8 Å². The minimum Gasteiger partial charge on any atom is -0.476 e. The molecule has 0 radical (unpaired) electrons. The van der Waals surface area contributed by atoms with E-state index in [1.54, 1.807) is 0 Å². The van der Waals surface area contributed by atoms with Crippen molar-refractivity contribution in [2.75, 3.05) is 7.11 Å². The first-order chi connectivity index (χ1) is 10.7. The van der Waals surface area contributed by atoms with E-state index in [0.717, 1.165) is 6.39 Å². The molecular weight excluding hydrogens is 347 g/mol. The number of rotatable bonds is 2. The summed E-state index contributed by atoms with van der Waals surface area (Å²) in [5.41, 5.74) is -1.67. The molecule has 2 aromatic heterocycles. The van der Waals surface area contributed by atoms with Crippen LogP contribution in [-0.2, 0) is 10.9 Å². The van der Waals surface area contributed by atoms with Crippen molar-refractivity contribution < 1.29 is 37.1 Å². The van der Waals surface area contributed by atoms with Gasteiger partial charge in [0.05, 0.1) is 17.7 Å². The third-order valence-corrected chi connectivity index (χ3v) is 2.39. The fraction of sp³-hybridized carbons (Fsp3) is 0.182. The molecule has 23 heavy (non-hydrogen) atoms. The second kappa shape index (κ2) is 7.54. The molecule has 0 amide bonds. The van der Waals surface area contributed by atoms with E-state index >= 15 is 0 Å². The molecule has 0 spiro atoms. The molecule has 0 aromatic carbocycles. The van der Waals surface area contributed by atoms with Crippen LogP contribution in [0.1, 0.15) is 26.7 Å². The third-order valence-electron chi connectivity index (χ3n) is 2.10. The summed E-state index contributed by atoms with van der Waals surface area (Å²) in [6.45, 7) is 0. The number of hydrogen-bond donors (Lipinski definition) is 1. The van der Waals surface area contributed by atoms with Crippen molar-refractivity contribution in [1.29, 1.82) is 0 Å². The number of alkyl halides is 3. The Morgan fingerprint density at radius 3 is 2.39 bits per heavy atom. The first-order valence-electron chi connectivity index (χ1n) is 5.47. The van der Waals surface area contributed by atoms with E-state index in [9.17, 15) is 22.8 Å². The number of esters is 1. The topological polar surface area (TPSA) is 115 Å². The van der Waals surface area contributed by atoms with Crippen LogP contribution in [0.3, 0.4) is 0 Å². The fourth-order valence-electron chi connectivity index (χ4n) is 1.10. The van der Waals surface area contributed by atoms with Gasteiger partial charge in [-0.1, -0.05) is 16.8 Å². The first-order valence-corrected chi connectivity index (χ1v) is 5.85. The van der Waals surface area contributed by atoms with Gasteiger partial charge in [-0.3, -0.25) is 0 Å². The highest BCUT2D eigenvalue weighted by Crippen LogP contribution is 2.30. The number of aromatic nitrogens is 3. The fourth-order valence-corrected chi connectivity index (χ4v) is 1.35. The molecule has 0 aliphatic heterocycles. The molecule has 0 fully saturated rings. The number of aromatic carboxylic acids is 1. The maximum Gasteiger partial charge on any atom is 0.417 e. The summed E-state index contributed by atoms with van der Waals surface area (Å²) in [6, 6.07) is 0.526. The highest BCUT2D eigenvalue weighted by atomic mass is 35.5. The Bertz CT molecular complexity index is 691. The normalized spacial score (nSPS) is 10.5. The van der Waals surface area contributed by atoms with Gasteiger partial charge in [0.25, 0.3) is 5.82 Å². The van der Waals surface area contributed by atoms with Crippen LogP contribution in [0.5, 0.6) is 0 Å². The summed E-state index contributed by atoms with van der Waals surface area (Å²) >= 11 is 5.29. The predicted octanol–water partition coefficient (Wildman–Crippen LogP) is 2.31. The van der Waals surface area contributed by atoms with Crippen molar-refractivity contribution in [2.24, 2.45) is 0 Å². The van der Waals surface area contributed by atoms with Crippen LogP contribution < -0.4 is 0 Å². The lowest BCUT2D eigenvalue weighted by Crippen LogP contribution is -2.08. The number of methoxy groups -OCH3 is 1. The highest BCUT2D eigenvalue weighted by Gasteiger charge is 2.32. The Balaban J connectivity index is 0.000000253. The van der Waals surface area contributed by atoms with Crippen LogP contribution in [0.2, 0.25) is 5.02 Å². The number of carboxylic acids is 1. The molecule has 0 saturated heterocycles. The second-order valence-electron chi connectivity index (χ2n) is 3.60. The number of pyridine rings is 1. The van der Waals surface area contributed by atoms with E-state index in [1.165, 1.54) is 7.11 Å². The highest BCUT2D eigenvalue weighted by molar-refractivity contribution is 6.33. The quantitative estimate of drug-likeness (QED) is 0.818. The summed E-state index contributed by atoms with van der Waals surface area (Å²) in [6.07, 6.45) is -3.09. The van der Waals surface area contributed by atoms with Crippen molar-refractivity contribution >= 4 is 23.5 Å². The van der Waals surface area contributed by atoms with Gasteiger partial charge >= 0.3 is 18.1 Å². The van der Waals surface area contributed by atoms with E-state index in [0.29, 0.717) is 12.3 Å². The zero-order chi connectivity index (χ0) is 17.6. The van der Waals surface area contributed by atoms with E-state index in [4.69, 9.17) is 16.7 Å². The molecular formula is C11H7ClF3N3O5. The number of ether oxygens (including phenoxy) is 1. The van der Waals surface area contributed by atoms with Gasteiger partial charge in [0, 0.05) is 6.20 Å².